The minimum absolute atomic E-state index is 0.166. The van der Waals surface area contributed by atoms with Crippen LogP contribution in [0.25, 0.3) is 22.6 Å². The summed E-state index contributed by atoms with van der Waals surface area (Å²) in [6.45, 7) is 2.12. The van der Waals surface area contributed by atoms with Crippen molar-refractivity contribution >= 4 is 17.2 Å². The molecule has 0 atom stereocenters. The maximum absolute atomic E-state index is 12.8. The third-order valence-corrected chi connectivity index (χ3v) is 4.53. The van der Waals surface area contributed by atoms with E-state index in [0.29, 0.717) is 10.7 Å². The lowest BCUT2D eigenvalue weighted by Gasteiger charge is -2.05. The molecule has 4 nitrogen and oxygen atoms in total. The van der Waals surface area contributed by atoms with Gasteiger partial charge in [-0.3, -0.25) is 9.36 Å². The summed E-state index contributed by atoms with van der Waals surface area (Å²) in [4.78, 5) is 17.4. The first-order chi connectivity index (χ1) is 12.2. The third-order valence-electron chi connectivity index (χ3n) is 4.28. The van der Waals surface area contributed by atoms with Crippen LogP contribution in [0.15, 0.2) is 71.9 Å². The lowest BCUT2D eigenvalue weighted by Crippen LogP contribution is -2.19. The number of imidazole rings is 1. The zero-order chi connectivity index (χ0) is 17.4. The molecule has 0 unspecified atom stereocenters. The molecule has 0 saturated heterocycles. The molecule has 4 aromatic rings. The van der Waals surface area contributed by atoms with Gasteiger partial charge in [0, 0.05) is 34.9 Å². The van der Waals surface area contributed by atoms with Crippen molar-refractivity contribution in [2.45, 2.75) is 13.3 Å². The van der Waals surface area contributed by atoms with E-state index in [4.69, 9.17) is 11.6 Å². The van der Waals surface area contributed by atoms with Crippen molar-refractivity contribution in [1.82, 2.24) is 14.0 Å². The Labute approximate surface area is 150 Å². The smallest absolute Gasteiger partial charge is 0.298 e. The van der Waals surface area contributed by atoms with Gasteiger partial charge in [0.25, 0.3) is 5.56 Å². The lowest BCUT2D eigenvalue weighted by molar-refractivity contribution is 0.950. The van der Waals surface area contributed by atoms with Crippen LogP contribution in [-0.2, 0) is 6.42 Å². The van der Waals surface area contributed by atoms with E-state index in [2.05, 4.69) is 24.0 Å². The number of fused-ring (bicyclic) bond motifs is 1. The van der Waals surface area contributed by atoms with Gasteiger partial charge in [-0.25, -0.2) is 4.98 Å². The molecule has 2 aromatic carbocycles. The van der Waals surface area contributed by atoms with Gasteiger partial charge in [-0.1, -0.05) is 42.8 Å². The number of hydrogen-bond acceptors (Lipinski definition) is 2. The molecule has 0 fully saturated rings. The number of nitrogens with zero attached hydrogens (tertiary/aromatic N) is 3. The molecular formula is C20H16ClN3O. The molecule has 0 N–H and O–H groups in total. The molecule has 0 radical (unpaired) electrons. The van der Waals surface area contributed by atoms with E-state index in [1.54, 1.807) is 27.3 Å². The maximum Gasteiger partial charge on any atom is 0.298 e. The highest BCUT2D eigenvalue weighted by Crippen LogP contribution is 2.19. The molecule has 124 valence electrons. The van der Waals surface area contributed by atoms with Gasteiger partial charge in [0.2, 0.25) is 5.65 Å². The number of hydrogen-bond donors (Lipinski definition) is 0. The zero-order valence-corrected chi connectivity index (χ0v) is 14.4. The molecule has 5 heteroatoms. The van der Waals surface area contributed by atoms with Gasteiger partial charge in [-0.2, -0.15) is 0 Å². The Bertz CT molecular complexity index is 1090. The predicted octanol–water partition coefficient (Wildman–Crippen LogP) is 4.37. The van der Waals surface area contributed by atoms with Crippen molar-refractivity contribution in [2.24, 2.45) is 0 Å². The molecule has 2 heterocycles. The molecule has 0 amide bonds. The average molecular weight is 350 g/mol. The molecular weight excluding hydrogens is 334 g/mol. The van der Waals surface area contributed by atoms with Crippen LogP contribution >= 0.6 is 11.6 Å². The summed E-state index contributed by atoms with van der Waals surface area (Å²) in [6, 6.07) is 15.4. The molecule has 0 aliphatic rings. The predicted molar refractivity (Wildman–Crippen MR) is 101 cm³/mol. The number of halogens is 1. The SMILES string of the molecule is CCc1ccc(-c2cn3ccn(-c4ccc(Cl)cc4)c(=O)c3n2)cc1. The minimum atomic E-state index is -0.166. The summed E-state index contributed by atoms with van der Waals surface area (Å²) < 4.78 is 3.33. The number of aryl methyl sites for hydroxylation is 1. The second kappa shape index (κ2) is 6.22. The number of rotatable bonds is 3. The van der Waals surface area contributed by atoms with Crippen molar-refractivity contribution < 1.29 is 0 Å². The van der Waals surface area contributed by atoms with Gasteiger partial charge in [-0.05, 0) is 36.2 Å². The van der Waals surface area contributed by atoms with E-state index in [-0.39, 0.29) is 5.56 Å². The minimum Gasteiger partial charge on any atom is -0.300 e. The van der Waals surface area contributed by atoms with Crippen LogP contribution < -0.4 is 5.56 Å². The summed E-state index contributed by atoms with van der Waals surface area (Å²) in [5.41, 5.74) is 4.05. The summed E-state index contributed by atoms with van der Waals surface area (Å²) in [5.74, 6) is 0. The van der Waals surface area contributed by atoms with Crippen LogP contribution in [0.4, 0.5) is 0 Å². The normalized spacial score (nSPS) is 11.1. The van der Waals surface area contributed by atoms with Crippen LogP contribution in [0.1, 0.15) is 12.5 Å². The third kappa shape index (κ3) is 2.85. The van der Waals surface area contributed by atoms with E-state index in [9.17, 15) is 4.79 Å². The average Bonchev–Trinajstić information content (AvgIpc) is 3.08. The first kappa shape index (κ1) is 15.7. The Morgan fingerprint density at radius 2 is 1.72 bits per heavy atom. The van der Waals surface area contributed by atoms with E-state index in [0.717, 1.165) is 23.4 Å². The topological polar surface area (TPSA) is 39.3 Å². The van der Waals surface area contributed by atoms with Crippen molar-refractivity contribution in [1.29, 1.82) is 0 Å². The second-order valence-electron chi connectivity index (χ2n) is 5.86. The highest BCUT2D eigenvalue weighted by atomic mass is 35.5. The van der Waals surface area contributed by atoms with Gasteiger partial charge < -0.3 is 4.40 Å². The highest BCUT2D eigenvalue weighted by molar-refractivity contribution is 6.30. The van der Waals surface area contributed by atoms with Crippen molar-refractivity contribution in [3.8, 4) is 16.9 Å². The Morgan fingerprint density at radius 1 is 1.00 bits per heavy atom. The second-order valence-corrected chi connectivity index (χ2v) is 6.29. The van der Waals surface area contributed by atoms with Gasteiger partial charge in [0.05, 0.1) is 5.69 Å². The molecule has 2 aromatic heterocycles. The van der Waals surface area contributed by atoms with Gasteiger partial charge in [-0.15, -0.1) is 0 Å². The summed E-state index contributed by atoms with van der Waals surface area (Å²) >= 11 is 5.92. The van der Waals surface area contributed by atoms with Crippen LogP contribution in [-0.4, -0.2) is 14.0 Å². The fraction of sp³-hybridized carbons (Fsp3) is 0.100. The standard InChI is InChI=1S/C20H16ClN3O/c1-2-14-3-5-15(6-4-14)18-13-23-11-12-24(20(25)19(23)22-18)17-9-7-16(21)8-10-17/h3-13H,2H2,1H3. The Hall–Kier alpha value is -2.85. The Kier molecular flexibility index (Phi) is 3.90. The molecule has 0 aliphatic heterocycles. The molecule has 0 aliphatic carbocycles. The zero-order valence-electron chi connectivity index (χ0n) is 13.7. The quantitative estimate of drug-likeness (QED) is 0.551. The van der Waals surface area contributed by atoms with Gasteiger partial charge in [0.15, 0.2) is 0 Å². The largest absolute Gasteiger partial charge is 0.300 e. The maximum atomic E-state index is 12.8. The van der Waals surface area contributed by atoms with Gasteiger partial charge >= 0.3 is 0 Å². The lowest BCUT2D eigenvalue weighted by atomic mass is 10.1. The molecule has 0 spiro atoms. The van der Waals surface area contributed by atoms with Crippen molar-refractivity contribution in [2.75, 3.05) is 0 Å². The first-order valence-corrected chi connectivity index (χ1v) is 8.49. The van der Waals surface area contributed by atoms with Gasteiger partial charge in [0.1, 0.15) is 0 Å². The van der Waals surface area contributed by atoms with E-state index in [1.165, 1.54) is 5.56 Å². The fourth-order valence-corrected chi connectivity index (χ4v) is 2.96. The van der Waals surface area contributed by atoms with Crippen LogP contribution in [0, 0.1) is 0 Å². The highest BCUT2D eigenvalue weighted by Gasteiger charge is 2.10. The van der Waals surface area contributed by atoms with E-state index < -0.39 is 0 Å². The summed E-state index contributed by atoms with van der Waals surface area (Å²) in [7, 11) is 0. The van der Waals surface area contributed by atoms with Crippen LogP contribution in [0.5, 0.6) is 0 Å². The van der Waals surface area contributed by atoms with E-state index >= 15 is 0 Å². The Balaban J connectivity index is 1.82. The van der Waals surface area contributed by atoms with Crippen LogP contribution in [0.2, 0.25) is 5.02 Å². The molecule has 0 saturated carbocycles. The fourth-order valence-electron chi connectivity index (χ4n) is 2.83. The Morgan fingerprint density at radius 3 is 2.40 bits per heavy atom. The molecule has 0 bridgehead atoms. The van der Waals surface area contributed by atoms with Crippen molar-refractivity contribution in [3.63, 3.8) is 0 Å². The molecule has 4 rings (SSSR count). The number of aromatic nitrogens is 3. The summed E-state index contributed by atoms with van der Waals surface area (Å²) in [6.07, 6.45) is 6.45. The monoisotopic (exact) mass is 349 g/mol. The number of benzene rings is 2. The van der Waals surface area contributed by atoms with Crippen molar-refractivity contribution in [3.05, 3.63) is 88.1 Å². The van der Waals surface area contributed by atoms with E-state index in [1.807, 2.05) is 36.7 Å². The van der Waals surface area contributed by atoms with Crippen LogP contribution in [0.3, 0.4) is 0 Å². The molecule has 25 heavy (non-hydrogen) atoms. The summed E-state index contributed by atoms with van der Waals surface area (Å²) in [5, 5.41) is 0.636. The first-order valence-electron chi connectivity index (χ1n) is 8.11.